The molecule has 0 saturated heterocycles. The molecule has 2 heterocycles. The number of nitro benzene ring substituents is 1. The van der Waals surface area contributed by atoms with Crippen molar-refractivity contribution in [2.45, 2.75) is 42.8 Å². The number of carbonyl (C=O) groups excluding carboxylic acids is 1. The van der Waals surface area contributed by atoms with Crippen LogP contribution >= 0.6 is 35.0 Å². The lowest BCUT2D eigenvalue weighted by molar-refractivity contribution is -0.384. The van der Waals surface area contributed by atoms with Gasteiger partial charge in [-0.25, -0.2) is 9.78 Å². The van der Waals surface area contributed by atoms with Crippen molar-refractivity contribution in [1.29, 1.82) is 0 Å². The predicted octanol–water partition coefficient (Wildman–Crippen LogP) is 7.53. The van der Waals surface area contributed by atoms with Crippen LogP contribution < -0.4 is 4.74 Å². The molecule has 0 bridgehead atoms. The number of ether oxygens (including phenoxy) is 2. The molecule has 38 heavy (non-hydrogen) atoms. The first-order chi connectivity index (χ1) is 18.2. The van der Waals surface area contributed by atoms with Crippen molar-refractivity contribution in [1.82, 2.24) is 14.5 Å². The highest BCUT2D eigenvalue weighted by atomic mass is 35.5. The van der Waals surface area contributed by atoms with E-state index in [2.05, 4.69) is 4.98 Å². The van der Waals surface area contributed by atoms with Crippen LogP contribution in [-0.2, 0) is 17.9 Å². The predicted molar refractivity (Wildman–Crippen MR) is 144 cm³/mol. The van der Waals surface area contributed by atoms with E-state index in [-0.39, 0.29) is 24.0 Å². The van der Waals surface area contributed by atoms with Gasteiger partial charge in [-0.1, -0.05) is 48.8 Å². The molecule has 4 rings (SSSR count). The topological polar surface area (TPSA) is 109 Å². The van der Waals surface area contributed by atoms with Crippen LogP contribution in [0.1, 0.15) is 36.8 Å². The Morgan fingerprint density at radius 2 is 1.74 bits per heavy atom. The van der Waals surface area contributed by atoms with Gasteiger partial charge in [-0.3, -0.25) is 15.1 Å². The summed E-state index contributed by atoms with van der Waals surface area (Å²) in [6, 6.07) is 14.2. The molecule has 0 aliphatic carbocycles. The number of pyridine rings is 1. The Bertz CT molecular complexity index is 1430. The van der Waals surface area contributed by atoms with E-state index in [1.165, 1.54) is 36.0 Å². The number of hydrogen-bond acceptors (Lipinski definition) is 8. The average Bonchev–Trinajstić information content (AvgIpc) is 3.20. The molecule has 2 aromatic carbocycles. The second kappa shape index (κ2) is 12.3. The van der Waals surface area contributed by atoms with Crippen LogP contribution in [0.25, 0.3) is 0 Å². The maximum Gasteiger partial charge on any atom is 0.514 e. The van der Waals surface area contributed by atoms with Gasteiger partial charge in [-0.2, -0.15) is 0 Å². The minimum atomic E-state index is -0.959. The zero-order chi connectivity index (χ0) is 27.2. The van der Waals surface area contributed by atoms with E-state index in [0.717, 1.165) is 21.2 Å². The van der Waals surface area contributed by atoms with Gasteiger partial charge in [-0.05, 0) is 53.9 Å². The van der Waals surface area contributed by atoms with E-state index in [0.29, 0.717) is 22.4 Å². The maximum absolute atomic E-state index is 12.4. The van der Waals surface area contributed by atoms with E-state index in [1.807, 2.05) is 42.7 Å². The highest BCUT2D eigenvalue weighted by Gasteiger charge is 2.22. The number of aromatic nitrogens is 3. The summed E-state index contributed by atoms with van der Waals surface area (Å²) in [6.45, 7) is 4.35. The molecule has 2 aromatic heterocycles. The summed E-state index contributed by atoms with van der Waals surface area (Å²) in [7, 11) is 0. The molecule has 12 heteroatoms. The standard InChI is InChI=1S/C26H22Cl2N4O5S/c1-16(2)24-25(38-22-12-18(27)11-19(28)13-22)31(14-17-7-9-29-10-8-17)23(30-24)15-36-26(33)37-21-5-3-20(4-6-21)32(34)35/h3-13,16H,14-15H2,1-2H3. The van der Waals surface area contributed by atoms with Crippen molar-refractivity contribution in [2.24, 2.45) is 0 Å². The van der Waals surface area contributed by atoms with Gasteiger partial charge in [-0.15, -0.1) is 0 Å². The minimum absolute atomic E-state index is 0.0663. The molecular formula is C26H22Cl2N4O5S. The fourth-order valence-electron chi connectivity index (χ4n) is 3.51. The Morgan fingerprint density at radius 3 is 2.34 bits per heavy atom. The Labute approximate surface area is 232 Å². The van der Waals surface area contributed by atoms with Crippen molar-refractivity contribution in [3.05, 3.63) is 104 Å². The number of nitro groups is 1. The second-order valence-corrected chi connectivity index (χ2v) is 10.3. The van der Waals surface area contributed by atoms with Crippen molar-refractivity contribution in [3.63, 3.8) is 0 Å². The molecule has 0 saturated carbocycles. The summed E-state index contributed by atoms with van der Waals surface area (Å²) < 4.78 is 12.5. The van der Waals surface area contributed by atoms with Crippen LogP contribution in [0.4, 0.5) is 10.5 Å². The fourth-order valence-corrected chi connectivity index (χ4v) is 5.43. The smallest absolute Gasteiger partial charge is 0.426 e. The van der Waals surface area contributed by atoms with Crippen molar-refractivity contribution in [3.8, 4) is 5.75 Å². The zero-order valence-electron chi connectivity index (χ0n) is 20.3. The summed E-state index contributed by atoms with van der Waals surface area (Å²) in [5.41, 5.74) is 1.69. The first-order valence-corrected chi connectivity index (χ1v) is 13.0. The summed E-state index contributed by atoms with van der Waals surface area (Å²) in [5.74, 6) is 0.705. The highest BCUT2D eigenvalue weighted by Crippen LogP contribution is 2.37. The largest absolute Gasteiger partial charge is 0.514 e. The molecule has 0 aliphatic heterocycles. The lowest BCUT2D eigenvalue weighted by Gasteiger charge is -2.14. The lowest BCUT2D eigenvalue weighted by Crippen LogP contribution is -2.14. The quantitative estimate of drug-likeness (QED) is 0.0875. The number of rotatable bonds is 9. The maximum atomic E-state index is 12.4. The summed E-state index contributed by atoms with van der Waals surface area (Å²) in [6.07, 6.45) is 2.45. The first kappa shape index (κ1) is 27.4. The van der Waals surface area contributed by atoms with Gasteiger partial charge in [0.05, 0.1) is 17.2 Å². The van der Waals surface area contributed by atoms with E-state index < -0.39 is 11.1 Å². The normalized spacial score (nSPS) is 11.0. The van der Waals surface area contributed by atoms with Gasteiger partial charge in [0, 0.05) is 39.5 Å². The van der Waals surface area contributed by atoms with Gasteiger partial charge in [0.25, 0.3) is 5.69 Å². The molecule has 0 radical (unpaired) electrons. The van der Waals surface area contributed by atoms with Crippen LogP contribution in [0.15, 0.2) is 76.9 Å². The van der Waals surface area contributed by atoms with Crippen LogP contribution in [0, 0.1) is 10.1 Å². The van der Waals surface area contributed by atoms with Crippen molar-refractivity contribution >= 4 is 46.8 Å². The Hall–Kier alpha value is -3.60. The number of nitrogens with zero attached hydrogens (tertiary/aromatic N) is 4. The van der Waals surface area contributed by atoms with E-state index in [1.54, 1.807) is 18.5 Å². The van der Waals surface area contributed by atoms with Crippen molar-refractivity contribution in [2.75, 3.05) is 0 Å². The molecule has 4 aromatic rings. The molecule has 0 spiro atoms. The van der Waals surface area contributed by atoms with Crippen molar-refractivity contribution < 1.29 is 19.2 Å². The number of halogens is 2. The lowest BCUT2D eigenvalue weighted by atomic mass is 10.1. The van der Waals surface area contributed by atoms with Gasteiger partial charge < -0.3 is 14.0 Å². The molecule has 0 amide bonds. The number of hydrogen-bond donors (Lipinski definition) is 0. The minimum Gasteiger partial charge on any atom is -0.426 e. The Balaban J connectivity index is 1.61. The fraction of sp³-hybridized carbons (Fsp3) is 0.192. The molecular weight excluding hydrogens is 551 g/mol. The number of benzene rings is 2. The third-order valence-corrected chi connectivity index (χ3v) is 6.81. The summed E-state index contributed by atoms with van der Waals surface area (Å²) in [5, 5.41) is 12.7. The molecule has 0 fully saturated rings. The SMILES string of the molecule is CC(C)c1nc(COC(=O)Oc2ccc([N+](=O)[O-])cc2)n(Cc2ccncc2)c1Sc1cc(Cl)cc(Cl)c1. The monoisotopic (exact) mass is 572 g/mol. The van der Waals surface area contributed by atoms with Crippen LogP contribution in [0.5, 0.6) is 5.75 Å². The van der Waals surface area contributed by atoms with Gasteiger partial charge in [0.1, 0.15) is 16.6 Å². The zero-order valence-corrected chi connectivity index (χ0v) is 22.7. The molecule has 9 nitrogen and oxygen atoms in total. The van der Waals surface area contributed by atoms with Crippen LogP contribution in [0.3, 0.4) is 0 Å². The van der Waals surface area contributed by atoms with Gasteiger partial charge in [0.2, 0.25) is 0 Å². The molecule has 0 unspecified atom stereocenters. The number of carbonyl (C=O) groups is 1. The molecule has 0 N–H and O–H groups in total. The summed E-state index contributed by atoms with van der Waals surface area (Å²) >= 11 is 13.9. The molecule has 0 atom stereocenters. The molecule has 0 aliphatic rings. The Kier molecular flexibility index (Phi) is 8.88. The third-order valence-electron chi connectivity index (χ3n) is 5.28. The van der Waals surface area contributed by atoms with E-state index in [4.69, 9.17) is 37.7 Å². The van der Waals surface area contributed by atoms with Gasteiger partial charge >= 0.3 is 6.16 Å². The highest BCUT2D eigenvalue weighted by molar-refractivity contribution is 7.99. The third kappa shape index (κ3) is 7.03. The van der Waals surface area contributed by atoms with E-state index in [9.17, 15) is 14.9 Å². The number of non-ortho nitro benzene ring substituents is 1. The summed E-state index contributed by atoms with van der Waals surface area (Å²) in [4.78, 5) is 32.4. The second-order valence-electron chi connectivity index (χ2n) is 8.41. The average molecular weight is 573 g/mol. The number of imidazole rings is 1. The van der Waals surface area contributed by atoms with Crippen LogP contribution in [-0.4, -0.2) is 25.6 Å². The van der Waals surface area contributed by atoms with E-state index >= 15 is 0 Å². The Morgan fingerprint density at radius 1 is 1.08 bits per heavy atom. The van der Waals surface area contributed by atoms with Crippen LogP contribution in [0.2, 0.25) is 10.0 Å². The first-order valence-electron chi connectivity index (χ1n) is 11.4. The molecule has 196 valence electrons. The van der Waals surface area contributed by atoms with Gasteiger partial charge in [0.15, 0.2) is 6.61 Å².